The lowest BCUT2D eigenvalue weighted by Gasteiger charge is -2.46. The summed E-state index contributed by atoms with van der Waals surface area (Å²) < 4.78 is 25.6. The summed E-state index contributed by atoms with van der Waals surface area (Å²) in [5.74, 6) is -2.40. The van der Waals surface area contributed by atoms with E-state index in [2.05, 4.69) is 5.32 Å². The van der Waals surface area contributed by atoms with Gasteiger partial charge in [0.15, 0.2) is 0 Å². The standard InChI is InChI=1S/C9H15F2NO/c10-9(11)3-1-7(2-4-9)8(13)5-12-6-8/h7,12-13H,1-6H2. The van der Waals surface area contributed by atoms with Crippen LogP contribution in [0.2, 0.25) is 0 Å². The summed E-state index contributed by atoms with van der Waals surface area (Å²) in [7, 11) is 0. The summed E-state index contributed by atoms with van der Waals surface area (Å²) in [5.41, 5.74) is -0.684. The van der Waals surface area contributed by atoms with Crippen molar-refractivity contribution in [3.8, 4) is 0 Å². The van der Waals surface area contributed by atoms with Gasteiger partial charge in [-0.2, -0.15) is 0 Å². The third kappa shape index (κ3) is 1.70. The van der Waals surface area contributed by atoms with Gasteiger partial charge in [-0.25, -0.2) is 8.78 Å². The number of β-amino-alcohol motifs (C(OH)–C–C–N with tert-alkyl or cyclic N) is 1. The molecule has 1 heterocycles. The van der Waals surface area contributed by atoms with Gasteiger partial charge in [0.05, 0.1) is 5.60 Å². The van der Waals surface area contributed by atoms with E-state index in [1.54, 1.807) is 0 Å². The van der Waals surface area contributed by atoms with Crippen LogP contribution >= 0.6 is 0 Å². The monoisotopic (exact) mass is 191 g/mol. The molecule has 2 N–H and O–H groups in total. The Morgan fingerprint density at radius 3 is 2.08 bits per heavy atom. The molecule has 2 nitrogen and oxygen atoms in total. The van der Waals surface area contributed by atoms with Crippen LogP contribution in [0, 0.1) is 5.92 Å². The Balaban J connectivity index is 1.91. The van der Waals surface area contributed by atoms with E-state index < -0.39 is 11.5 Å². The van der Waals surface area contributed by atoms with Crippen LogP contribution in [-0.2, 0) is 0 Å². The quantitative estimate of drug-likeness (QED) is 0.651. The van der Waals surface area contributed by atoms with Crippen molar-refractivity contribution in [2.45, 2.75) is 37.2 Å². The van der Waals surface area contributed by atoms with E-state index in [-0.39, 0.29) is 18.8 Å². The van der Waals surface area contributed by atoms with Crippen LogP contribution in [-0.4, -0.2) is 29.7 Å². The molecule has 76 valence electrons. The highest BCUT2D eigenvalue weighted by atomic mass is 19.3. The molecule has 0 aromatic carbocycles. The molecular formula is C9H15F2NO. The number of halogens is 2. The van der Waals surface area contributed by atoms with Gasteiger partial charge in [0.2, 0.25) is 5.92 Å². The van der Waals surface area contributed by atoms with E-state index in [9.17, 15) is 13.9 Å². The minimum Gasteiger partial charge on any atom is -0.387 e. The summed E-state index contributed by atoms with van der Waals surface area (Å²) in [6.45, 7) is 1.15. The molecule has 13 heavy (non-hydrogen) atoms. The SMILES string of the molecule is OC1(C2CCC(F)(F)CC2)CNC1. The van der Waals surface area contributed by atoms with Crippen molar-refractivity contribution in [3.05, 3.63) is 0 Å². The molecule has 0 spiro atoms. The molecule has 1 saturated carbocycles. The zero-order valence-corrected chi connectivity index (χ0v) is 7.52. The number of alkyl halides is 2. The Morgan fingerprint density at radius 2 is 1.69 bits per heavy atom. The molecular weight excluding hydrogens is 176 g/mol. The molecule has 0 aromatic heterocycles. The molecule has 0 atom stereocenters. The van der Waals surface area contributed by atoms with Crippen LogP contribution in [0.5, 0.6) is 0 Å². The summed E-state index contributed by atoms with van der Waals surface area (Å²) in [5, 5.41) is 12.9. The first kappa shape index (κ1) is 9.34. The molecule has 2 rings (SSSR count). The first-order valence-corrected chi connectivity index (χ1v) is 4.83. The van der Waals surface area contributed by atoms with Crippen molar-refractivity contribution in [2.75, 3.05) is 13.1 Å². The molecule has 0 amide bonds. The Hall–Kier alpha value is -0.220. The van der Waals surface area contributed by atoms with E-state index in [0.29, 0.717) is 25.9 Å². The second-order valence-corrected chi connectivity index (χ2v) is 4.34. The van der Waals surface area contributed by atoms with E-state index in [0.717, 1.165) is 0 Å². The van der Waals surface area contributed by atoms with Gasteiger partial charge >= 0.3 is 0 Å². The maximum atomic E-state index is 12.8. The molecule has 0 aromatic rings. The highest BCUT2D eigenvalue weighted by Gasteiger charge is 2.46. The fourth-order valence-corrected chi connectivity index (χ4v) is 2.25. The molecule has 4 heteroatoms. The fourth-order valence-electron chi connectivity index (χ4n) is 2.25. The van der Waals surface area contributed by atoms with Crippen LogP contribution in [0.25, 0.3) is 0 Å². The minimum absolute atomic E-state index is 0.0556. The lowest BCUT2D eigenvalue weighted by molar-refractivity contribution is -0.113. The van der Waals surface area contributed by atoms with Crippen molar-refractivity contribution in [1.29, 1.82) is 0 Å². The van der Waals surface area contributed by atoms with Crippen molar-refractivity contribution < 1.29 is 13.9 Å². The topological polar surface area (TPSA) is 32.3 Å². The maximum Gasteiger partial charge on any atom is 0.248 e. The predicted molar refractivity (Wildman–Crippen MR) is 44.7 cm³/mol. The van der Waals surface area contributed by atoms with Crippen LogP contribution in [0.15, 0.2) is 0 Å². The third-order valence-electron chi connectivity index (χ3n) is 3.34. The molecule has 2 aliphatic rings. The first-order valence-electron chi connectivity index (χ1n) is 4.83. The summed E-state index contributed by atoms with van der Waals surface area (Å²) in [6.07, 6.45) is 0.816. The van der Waals surface area contributed by atoms with Crippen molar-refractivity contribution in [3.63, 3.8) is 0 Å². The highest BCUT2D eigenvalue weighted by molar-refractivity contribution is 5.00. The first-order chi connectivity index (χ1) is 6.02. The number of hydrogen-bond donors (Lipinski definition) is 2. The smallest absolute Gasteiger partial charge is 0.248 e. The van der Waals surface area contributed by atoms with Crippen LogP contribution in [0.1, 0.15) is 25.7 Å². The zero-order chi connectivity index (χ0) is 9.53. The third-order valence-corrected chi connectivity index (χ3v) is 3.34. The number of nitrogens with one attached hydrogen (secondary N) is 1. The number of rotatable bonds is 1. The molecule has 0 bridgehead atoms. The van der Waals surface area contributed by atoms with E-state index in [1.165, 1.54) is 0 Å². The van der Waals surface area contributed by atoms with E-state index in [4.69, 9.17) is 0 Å². The average Bonchev–Trinajstić information content (AvgIpc) is 2.00. The predicted octanol–water partition coefficient (Wildman–Crippen LogP) is 1.15. The van der Waals surface area contributed by atoms with Crippen molar-refractivity contribution >= 4 is 0 Å². The second-order valence-electron chi connectivity index (χ2n) is 4.34. The van der Waals surface area contributed by atoms with Crippen LogP contribution in [0.4, 0.5) is 8.78 Å². The van der Waals surface area contributed by atoms with Gasteiger partial charge in [0, 0.05) is 25.9 Å². The summed E-state index contributed by atoms with van der Waals surface area (Å²) in [6, 6.07) is 0. The van der Waals surface area contributed by atoms with Gasteiger partial charge < -0.3 is 10.4 Å². The molecule has 1 aliphatic heterocycles. The lowest BCUT2D eigenvalue weighted by atomic mass is 9.73. The van der Waals surface area contributed by atoms with E-state index in [1.807, 2.05) is 0 Å². The molecule has 1 aliphatic carbocycles. The Labute approximate surface area is 76.3 Å². The average molecular weight is 191 g/mol. The Kier molecular flexibility index (Phi) is 2.07. The van der Waals surface area contributed by atoms with Gasteiger partial charge in [-0.1, -0.05) is 0 Å². The largest absolute Gasteiger partial charge is 0.387 e. The lowest BCUT2D eigenvalue weighted by Crippen LogP contribution is -2.64. The Morgan fingerprint density at radius 1 is 1.15 bits per heavy atom. The Bertz CT molecular complexity index is 194. The van der Waals surface area contributed by atoms with Gasteiger partial charge in [-0.15, -0.1) is 0 Å². The highest BCUT2D eigenvalue weighted by Crippen LogP contribution is 2.41. The van der Waals surface area contributed by atoms with Crippen molar-refractivity contribution in [1.82, 2.24) is 5.32 Å². The fraction of sp³-hybridized carbons (Fsp3) is 1.00. The number of hydrogen-bond acceptors (Lipinski definition) is 2. The second kappa shape index (κ2) is 2.89. The maximum absolute atomic E-state index is 12.8. The van der Waals surface area contributed by atoms with E-state index >= 15 is 0 Å². The van der Waals surface area contributed by atoms with Gasteiger partial charge in [0.25, 0.3) is 0 Å². The van der Waals surface area contributed by atoms with Gasteiger partial charge in [-0.3, -0.25) is 0 Å². The molecule has 2 fully saturated rings. The number of aliphatic hydroxyl groups is 1. The van der Waals surface area contributed by atoms with Crippen molar-refractivity contribution in [2.24, 2.45) is 5.92 Å². The normalized spacial score (nSPS) is 32.5. The van der Waals surface area contributed by atoms with Gasteiger partial charge in [-0.05, 0) is 18.8 Å². The molecule has 0 unspecified atom stereocenters. The minimum atomic E-state index is -2.48. The van der Waals surface area contributed by atoms with Gasteiger partial charge in [0.1, 0.15) is 0 Å². The van der Waals surface area contributed by atoms with Crippen LogP contribution < -0.4 is 5.32 Å². The molecule has 1 saturated heterocycles. The molecule has 0 radical (unpaired) electrons. The van der Waals surface area contributed by atoms with Crippen LogP contribution in [0.3, 0.4) is 0 Å². The summed E-state index contributed by atoms with van der Waals surface area (Å²) >= 11 is 0. The summed E-state index contributed by atoms with van der Waals surface area (Å²) in [4.78, 5) is 0. The zero-order valence-electron chi connectivity index (χ0n) is 7.52.